The van der Waals surface area contributed by atoms with Gasteiger partial charge < -0.3 is 9.47 Å². The molecule has 0 aromatic heterocycles. The molecule has 2 aromatic carbocycles. The quantitative estimate of drug-likeness (QED) is 0.704. The van der Waals surface area contributed by atoms with E-state index in [2.05, 4.69) is 24.3 Å². The highest BCUT2D eigenvalue weighted by Gasteiger charge is 2.15. The van der Waals surface area contributed by atoms with Crippen molar-refractivity contribution in [3.05, 3.63) is 41.5 Å². The maximum Gasteiger partial charge on any atom is 0.125 e. The van der Waals surface area contributed by atoms with E-state index in [-0.39, 0.29) is 0 Å². The summed E-state index contributed by atoms with van der Waals surface area (Å²) in [4.78, 5) is 0. The molecule has 2 aromatic rings. The molecule has 0 unspecified atom stereocenters. The first-order valence-electron chi connectivity index (χ1n) is 5.05. The molecule has 3 rings (SSSR count). The maximum absolute atomic E-state index is 5.55. The number of ether oxygens (including phenoxy) is 2. The molecule has 1 aliphatic heterocycles. The van der Waals surface area contributed by atoms with E-state index in [0.717, 1.165) is 5.75 Å². The lowest BCUT2D eigenvalue weighted by atomic mass is 9.97. The van der Waals surface area contributed by atoms with Gasteiger partial charge in [0.15, 0.2) is 0 Å². The summed E-state index contributed by atoms with van der Waals surface area (Å²) in [6, 6.07) is 10.4. The molecule has 0 spiro atoms. The van der Waals surface area contributed by atoms with Crippen molar-refractivity contribution in [3.63, 3.8) is 0 Å². The first kappa shape index (κ1) is 8.74. The van der Waals surface area contributed by atoms with Crippen LogP contribution in [0.2, 0.25) is 0 Å². The number of methoxy groups -OCH3 is 1. The van der Waals surface area contributed by atoms with Crippen molar-refractivity contribution in [1.29, 1.82) is 0 Å². The zero-order valence-electron chi connectivity index (χ0n) is 8.62. The van der Waals surface area contributed by atoms with E-state index >= 15 is 0 Å². The summed E-state index contributed by atoms with van der Waals surface area (Å²) >= 11 is 0. The lowest BCUT2D eigenvalue weighted by Gasteiger charge is -2.19. The largest absolute Gasteiger partial charge is 0.496 e. The zero-order chi connectivity index (χ0) is 10.3. The third-order valence-electron chi connectivity index (χ3n) is 2.92. The first-order valence-corrected chi connectivity index (χ1v) is 5.05. The van der Waals surface area contributed by atoms with Crippen molar-refractivity contribution in [3.8, 4) is 5.75 Å². The van der Waals surface area contributed by atoms with Crippen LogP contribution in [0.5, 0.6) is 5.75 Å². The third kappa shape index (κ3) is 1.22. The van der Waals surface area contributed by atoms with Crippen LogP contribution in [0.15, 0.2) is 30.3 Å². The molecule has 0 amide bonds. The Morgan fingerprint density at radius 3 is 2.93 bits per heavy atom. The van der Waals surface area contributed by atoms with Crippen LogP contribution in [-0.4, -0.2) is 7.11 Å². The first-order chi connectivity index (χ1) is 7.40. The van der Waals surface area contributed by atoms with Crippen molar-refractivity contribution in [2.45, 2.75) is 13.2 Å². The smallest absolute Gasteiger partial charge is 0.125 e. The molecule has 1 heterocycles. The minimum absolute atomic E-state index is 0.650. The molecule has 0 radical (unpaired) electrons. The van der Waals surface area contributed by atoms with Gasteiger partial charge in [0.25, 0.3) is 0 Å². The second kappa shape index (κ2) is 3.24. The maximum atomic E-state index is 5.55. The van der Waals surface area contributed by atoms with E-state index in [1.807, 2.05) is 6.07 Å². The molecule has 2 nitrogen and oxygen atoms in total. The second-order valence-electron chi connectivity index (χ2n) is 3.75. The average Bonchev–Trinajstić information content (AvgIpc) is 2.30. The Morgan fingerprint density at radius 2 is 2.07 bits per heavy atom. The van der Waals surface area contributed by atoms with Crippen LogP contribution in [-0.2, 0) is 18.0 Å². The van der Waals surface area contributed by atoms with Crippen molar-refractivity contribution < 1.29 is 9.47 Å². The van der Waals surface area contributed by atoms with Crippen LogP contribution >= 0.6 is 0 Å². The standard InChI is InChI=1S/C13H12O2/c1-14-12-6-5-9-3-2-4-10-7-15-8-11(12)13(9)10/h2-6H,7-8H2,1H3. The van der Waals surface area contributed by atoms with Gasteiger partial charge in [-0.1, -0.05) is 24.3 Å². The zero-order valence-corrected chi connectivity index (χ0v) is 8.62. The van der Waals surface area contributed by atoms with Crippen LogP contribution in [0.4, 0.5) is 0 Å². The van der Waals surface area contributed by atoms with Crippen LogP contribution in [0.3, 0.4) is 0 Å². The molecule has 1 aliphatic rings. The lowest BCUT2D eigenvalue weighted by Crippen LogP contribution is -2.05. The summed E-state index contributed by atoms with van der Waals surface area (Å²) < 4.78 is 10.9. The monoisotopic (exact) mass is 200 g/mol. The van der Waals surface area contributed by atoms with Crippen molar-refractivity contribution in [1.82, 2.24) is 0 Å². The molecule has 76 valence electrons. The van der Waals surface area contributed by atoms with E-state index in [1.54, 1.807) is 7.11 Å². The van der Waals surface area contributed by atoms with E-state index in [4.69, 9.17) is 9.47 Å². The molecule has 2 heteroatoms. The Morgan fingerprint density at radius 1 is 1.13 bits per heavy atom. The fourth-order valence-electron chi connectivity index (χ4n) is 2.23. The van der Waals surface area contributed by atoms with Gasteiger partial charge in [0.05, 0.1) is 20.3 Å². The Hall–Kier alpha value is -1.54. The van der Waals surface area contributed by atoms with Crippen LogP contribution in [0.1, 0.15) is 11.1 Å². The highest BCUT2D eigenvalue weighted by Crippen LogP contribution is 2.34. The van der Waals surface area contributed by atoms with Gasteiger partial charge in [0.2, 0.25) is 0 Å². The summed E-state index contributed by atoms with van der Waals surface area (Å²) in [6.45, 7) is 1.36. The fraction of sp³-hybridized carbons (Fsp3) is 0.231. The summed E-state index contributed by atoms with van der Waals surface area (Å²) in [5.41, 5.74) is 2.43. The van der Waals surface area contributed by atoms with Gasteiger partial charge in [-0.05, 0) is 22.4 Å². The minimum Gasteiger partial charge on any atom is -0.496 e. The van der Waals surface area contributed by atoms with Gasteiger partial charge in [-0.25, -0.2) is 0 Å². The van der Waals surface area contributed by atoms with Gasteiger partial charge in [-0.2, -0.15) is 0 Å². The fourth-order valence-corrected chi connectivity index (χ4v) is 2.23. The summed E-state index contributed by atoms with van der Waals surface area (Å²) in [5.74, 6) is 0.926. The Balaban J connectivity index is 2.43. The van der Waals surface area contributed by atoms with Gasteiger partial charge >= 0.3 is 0 Å². The second-order valence-corrected chi connectivity index (χ2v) is 3.75. The highest BCUT2D eigenvalue weighted by molar-refractivity contribution is 5.91. The highest BCUT2D eigenvalue weighted by atomic mass is 16.5. The Labute approximate surface area is 88.4 Å². The van der Waals surface area contributed by atoms with E-state index in [0.29, 0.717) is 13.2 Å². The van der Waals surface area contributed by atoms with Gasteiger partial charge in [0, 0.05) is 5.56 Å². The predicted molar refractivity (Wildman–Crippen MR) is 59.0 cm³/mol. The third-order valence-corrected chi connectivity index (χ3v) is 2.92. The van der Waals surface area contributed by atoms with Crippen molar-refractivity contribution in [2.75, 3.05) is 7.11 Å². The molecular formula is C13H12O2. The van der Waals surface area contributed by atoms with Gasteiger partial charge in [-0.3, -0.25) is 0 Å². The molecular weight excluding hydrogens is 188 g/mol. The van der Waals surface area contributed by atoms with E-state index in [1.165, 1.54) is 21.9 Å². The normalized spacial score (nSPS) is 14.2. The SMILES string of the molecule is COc1ccc2cccc3c2c1COC3. The Kier molecular flexibility index (Phi) is 1.89. The molecule has 0 bridgehead atoms. The summed E-state index contributed by atoms with van der Waals surface area (Å²) in [6.07, 6.45) is 0. The predicted octanol–water partition coefficient (Wildman–Crippen LogP) is 2.88. The number of hydrogen-bond acceptors (Lipinski definition) is 2. The number of rotatable bonds is 1. The molecule has 0 N–H and O–H groups in total. The van der Waals surface area contributed by atoms with Crippen molar-refractivity contribution >= 4 is 10.8 Å². The van der Waals surface area contributed by atoms with Crippen LogP contribution < -0.4 is 4.74 Å². The van der Waals surface area contributed by atoms with E-state index in [9.17, 15) is 0 Å². The minimum atomic E-state index is 0.650. The summed E-state index contributed by atoms with van der Waals surface area (Å²) in [7, 11) is 1.70. The molecule has 0 saturated carbocycles. The van der Waals surface area contributed by atoms with Gasteiger partial charge in [0.1, 0.15) is 5.75 Å². The molecule has 15 heavy (non-hydrogen) atoms. The van der Waals surface area contributed by atoms with E-state index < -0.39 is 0 Å². The Bertz CT molecular complexity index is 517. The van der Waals surface area contributed by atoms with Crippen LogP contribution in [0, 0.1) is 0 Å². The number of benzene rings is 2. The van der Waals surface area contributed by atoms with Gasteiger partial charge in [-0.15, -0.1) is 0 Å². The van der Waals surface area contributed by atoms with Crippen LogP contribution in [0.25, 0.3) is 10.8 Å². The molecule has 0 fully saturated rings. The number of hydrogen-bond donors (Lipinski definition) is 0. The summed E-state index contributed by atoms with van der Waals surface area (Å²) in [5, 5.41) is 2.58. The molecule has 0 atom stereocenters. The average molecular weight is 200 g/mol. The molecule has 0 aliphatic carbocycles. The molecule has 0 saturated heterocycles. The van der Waals surface area contributed by atoms with Crippen molar-refractivity contribution in [2.24, 2.45) is 0 Å². The lowest BCUT2D eigenvalue weighted by molar-refractivity contribution is 0.101. The topological polar surface area (TPSA) is 18.5 Å².